The lowest BCUT2D eigenvalue weighted by molar-refractivity contribution is -0.0699. The maximum absolute atomic E-state index is 9.64. The largest absolute Gasteiger partial charge is 0.492 e. The van der Waals surface area contributed by atoms with E-state index in [1.54, 1.807) is 17.4 Å². The third-order valence-corrected chi connectivity index (χ3v) is 6.46. The Hall–Kier alpha value is -2.94. The Morgan fingerprint density at radius 3 is 2.84 bits per heavy atom. The fraction of sp³-hybridized carbons (Fsp3) is 0.333. The fourth-order valence-corrected chi connectivity index (χ4v) is 4.99. The summed E-state index contributed by atoms with van der Waals surface area (Å²) in [7, 11) is 0. The molecule has 2 atom stereocenters. The van der Waals surface area contributed by atoms with Crippen molar-refractivity contribution in [3.05, 3.63) is 53.3 Å². The van der Waals surface area contributed by atoms with E-state index in [-0.39, 0.29) is 12.2 Å². The van der Waals surface area contributed by atoms with Crippen molar-refractivity contribution in [2.24, 2.45) is 5.16 Å². The zero-order valence-corrected chi connectivity index (χ0v) is 18.8. The molecule has 1 fully saturated rings. The van der Waals surface area contributed by atoms with Crippen molar-refractivity contribution in [2.45, 2.75) is 26.1 Å². The van der Waals surface area contributed by atoms with Gasteiger partial charge in [0.25, 0.3) is 0 Å². The van der Waals surface area contributed by atoms with Crippen LogP contribution in [0.3, 0.4) is 0 Å². The maximum atomic E-state index is 9.64. The molecule has 1 aliphatic rings. The van der Waals surface area contributed by atoms with Crippen LogP contribution in [0.4, 0.5) is 0 Å². The van der Waals surface area contributed by atoms with E-state index in [0.717, 1.165) is 29.7 Å². The van der Waals surface area contributed by atoms with E-state index < -0.39 is 0 Å². The summed E-state index contributed by atoms with van der Waals surface area (Å²) in [6.07, 6.45) is 2.29. The Balaban J connectivity index is 1.36. The fourth-order valence-electron chi connectivity index (χ4n) is 4.20. The van der Waals surface area contributed by atoms with E-state index >= 15 is 0 Å². The van der Waals surface area contributed by atoms with Crippen molar-refractivity contribution in [3.63, 3.8) is 0 Å². The van der Waals surface area contributed by atoms with Crippen LogP contribution in [0, 0.1) is 0 Å². The first-order valence-electron chi connectivity index (χ1n) is 10.7. The average molecular weight is 452 g/mol. The number of benzene rings is 1. The van der Waals surface area contributed by atoms with Crippen molar-refractivity contribution >= 4 is 32.4 Å². The van der Waals surface area contributed by atoms with Gasteiger partial charge in [-0.2, -0.15) is 0 Å². The van der Waals surface area contributed by atoms with Crippen LogP contribution in [0.2, 0.25) is 0 Å². The lowest BCUT2D eigenvalue weighted by atomic mass is 10.1. The Kier molecular flexibility index (Phi) is 5.82. The molecule has 3 aromatic heterocycles. The van der Waals surface area contributed by atoms with Crippen LogP contribution in [0.15, 0.2) is 57.5 Å². The number of morpholine rings is 1. The molecule has 2 unspecified atom stereocenters. The predicted molar refractivity (Wildman–Crippen MR) is 124 cm³/mol. The molecule has 4 heterocycles. The number of thiophene rings is 1. The van der Waals surface area contributed by atoms with Gasteiger partial charge in [-0.25, -0.2) is 0 Å². The van der Waals surface area contributed by atoms with Gasteiger partial charge in [0.2, 0.25) is 0 Å². The minimum Gasteiger partial charge on any atom is -0.492 e. The van der Waals surface area contributed by atoms with Gasteiger partial charge in [-0.3, -0.25) is 9.88 Å². The summed E-state index contributed by atoms with van der Waals surface area (Å²) in [5.41, 5.74) is 1.30. The molecule has 0 amide bonds. The second kappa shape index (κ2) is 8.90. The smallest absolute Gasteiger partial charge is 0.155 e. The van der Waals surface area contributed by atoms with Gasteiger partial charge in [0.15, 0.2) is 5.76 Å². The van der Waals surface area contributed by atoms with E-state index in [1.165, 1.54) is 0 Å². The highest BCUT2D eigenvalue weighted by molar-refractivity contribution is 7.17. The molecule has 0 aliphatic carbocycles. The number of hydrogen-bond donors (Lipinski definition) is 1. The van der Waals surface area contributed by atoms with E-state index in [1.807, 2.05) is 41.9 Å². The summed E-state index contributed by atoms with van der Waals surface area (Å²) < 4.78 is 19.0. The van der Waals surface area contributed by atoms with Crippen LogP contribution in [0.5, 0.6) is 5.75 Å². The summed E-state index contributed by atoms with van der Waals surface area (Å²) >= 11 is 1.65. The zero-order chi connectivity index (χ0) is 22.1. The summed E-state index contributed by atoms with van der Waals surface area (Å²) in [5, 5.41) is 17.3. The Bertz CT molecular complexity index is 1310. The number of pyridine rings is 1. The molecule has 0 spiro atoms. The predicted octanol–water partition coefficient (Wildman–Crippen LogP) is 4.49. The van der Waals surface area contributed by atoms with Gasteiger partial charge in [-0.05, 0) is 49.6 Å². The summed E-state index contributed by atoms with van der Waals surface area (Å²) in [6, 6.07) is 11.3. The van der Waals surface area contributed by atoms with Crippen LogP contribution in [-0.2, 0) is 4.74 Å². The van der Waals surface area contributed by atoms with Crippen molar-refractivity contribution in [2.75, 3.05) is 26.2 Å². The lowest BCUT2D eigenvalue weighted by Gasteiger charge is -2.35. The van der Waals surface area contributed by atoms with Crippen molar-refractivity contribution < 1.29 is 19.1 Å². The van der Waals surface area contributed by atoms with Gasteiger partial charge in [0.1, 0.15) is 29.0 Å². The first kappa shape index (κ1) is 20.9. The minimum atomic E-state index is 0.235. The third-order valence-electron chi connectivity index (χ3n) is 5.58. The number of ether oxygens (including phenoxy) is 2. The number of aromatic nitrogens is 1. The molecule has 0 radical (unpaired) electrons. The molecule has 1 aliphatic heterocycles. The quantitative estimate of drug-likeness (QED) is 0.356. The monoisotopic (exact) mass is 451 g/mol. The highest BCUT2D eigenvalue weighted by Gasteiger charge is 2.21. The van der Waals surface area contributed by atoms with E-state index in [2.05, 4.69) is 28.9 Å². The summed E-state index contributed by atoms with van der Waals surface area (Å²) in [4.78, 5) is 6.85. The lowest BCUT2D eigenvalue weighted by Crippen LogP contribution is -2.46. The second-order valence-corrected chi connectivity index (χ2v) is 9.09. The Labute approximate surface area is 189 Å². The van der Waals surface area contributed by atoms with Gasteiger partial charge in [-0.15, -0.1) is 11.3 Å². The van der Waals surface area contributed by atoms with E-state index in [4.69, 9.17) is 13.9 Å². The highest BCUT2D eigenvalue weighted by Crippen LogP contribution is 2.27. The first-order chi connectivity index (χ1) is 15.6. The van der Waals surface area contributed by atoms with Crippen LogP contribution >= 0.6 is 11.3 Å². The number of rotatable bonds is 5. The molecule has 0 saturated carbocycles. The van der Waals surface area contributed by atoms with Gasteiger partial charge >= 0.3 is 0 Å². The zero-order valence-electron chi connectivity index (χ0n) is 18.0. The normalized spacial score (nSPS) is 20.2. The Morgan fingerprint density at radius 1 is 1.19 bits per heavy atom. The van der Waals surface area contributed by atoms with Crippen molar-refractivity contribution in [1.29, 1.82) is 0 Å². The van der Waals surface area contributed by atoms with Gasteiger partial charge in [0, 0.05) is 42.0 Å². The van der Waals surface area contributed by atoms with E-state index in [9.17, 15) is 5.21 Å². The van der Waals surface area contributed by atoms with Gasteiger partial charge in [0.05, 0.1) is 17.6 Å². The van der Waals surface area contributed by atoms with Crippen LogP contribution < -0.4 is 10.1 Å². The van der Waals surface area contributed by atoms with Crippen LogP contribution in [0.25, 0.3) is 32.5 Å². The maximum Gasteiger partial charge on any atom is 0.155 e. The number of fused-ring (bicyclic) bond motifs is 2. The van der Waals surface area contributed by atoms with Crippen molar-refractivity contribution in [3.8, 4) is 17.2 Å². The molecule has 166 valence electrons. The Morgan fingerprint density at radius 2 is 2.03 bits per heavy atom. The molecule has 32 heavy (non-hydrogen) atoms. The molecule has 8 heteroatoms. The SMILES string of the molecule is CC1CN(CCOc2ccc3oc(-c4cc5sccc5cn4)cc(=NO)c3c2)CC(C)O1. The van der Waals surface area contributed by atoms with Crippen LogP contribution in [-0.4, -0.2) is 53.5 Å². The molecular formula is C24H25N3O4S. The average Bonchev–Trinajstić information content (AvgIpc) is 3.25. The molecule has 0 bridgehead atoms. The summed E-state index contributed by atoms with van der Waals surface area (Å²) in [5.74, 6) is 1.25. The van der Waals surface area contributed by atoms with Crippen LogP contribution in [0.1, 0.15) is 13.8 Å². The van der Waals surface area contributed by atoms with Crippen molar-refractivity contribution in [1.82, 2.24) is 9.88 Å². The molecule has 1 N–H and O–H groups in total. The minimum absolute atomic E-state index is 0.235. The van der Waals surface area contributed by atoms with E-state index in [0.29, 0.717) is 40.1 Å². The third kappa shape index (κ3) is 4.34. The van der Waals surface area contributed by atoms with Gasteiger partial charge < -0.3 is 19.1 Å². The molecule has 1 saturated heterocycles. The molecule has 7 nitrogen and oxygen atoms in total. The standard InChI is InChI=1S/C24H25N3O4S/c1-15-13-27(14-16(2)30-15)6-7-29-18-3-4-22-19(9-18)20(26-28)10-23(31-22)21-11-24-17(12-25-21)5-8-32-24/h3-5,8-12,15-16,28H,6-7,13-14H2,1-2H3. The topological polar surface area (TPSA) is 80.3 Å². The molecule has 4 aromatic rings. The van der Waals surface area contributed by atoms with Gasteiger partial charge in [-0.1, -0.05) is 5.16 Å². The first-order valence-corrected chi connectivity index (χ1v) is 11.6. The highest BCUT2D eigenvalue weighted by atomic mass is 32.1. The molecule has 1 aromatic carbocycles. The molecular weight excluding hydrogens is 426 g/mol. The number of hydrogen-bond acceptors (Lipinski definition) is 8. The summed E-state index contributed by atoms with van der Waals surface area (Å²) in [6.45, 7) is 7.40. The second-order valence-electron chi connectivity index (χ2n) is 8.15. The number of nitrogens with zero attached hydrogens (tertiary/aromatic N) is 3. The molecule has 5 rings (SSSR count).